The number of esters is 1. The van der Waals surface area contributed by atoms with Crippen molar-refractivity contribution in [3.63, 3.8) is 0 Å². The van der Waals surface area contributed by atoms with E-state index in [4.69, 9.17) is 4.74 Å². The van der Waals surface area contributed by atoms with Crippen molar-refractivity contribution in [2.75, 3.05) is 14.2 Å². The lowest BCUT2D eigenvalue weighted by Crippen LogP contribution is -2.01. The molecule has 0 atom stereocenters. The van der Waals surface area contributed by atoms with Crippen LogP contribution < -0.4 is 10.4 Å². The molecule has 0 unspecified atom stereocenters. The van der Waals surface area contributed by atoms with Gasteiger partial charge in [-0.25, -0.2) is 9.59 Å². The van der Waals surface area contributed by atoms with Crippen LogP contribution in [0, 0.1) is 0 Å². The van der Waals surface area contributed by atoms with Gasteiger partial charge in [-0.2, -0.15) is 0 Å². The molecule has 0 bridgehead atoms. The highest BCUT2D eigenvalue weighted by Crippen LogP contribution is 2.23. The zero-order valence-electron chi connectivity index (χ0n) is 8.79. The zero-order chi connectivity index (χ0) is 11.7. The number of imidazole rings is 1. The van der Waals surface area contributed by atoms with E-state index in [2.05, 4.69) is 14.7 Å². The molecule has 2 rings (SSSR count). The van der Waals surface area contributed by atoms with Crippen LogP contribution in [-0.2, 0) is 4.74 Å². The Morgan fingerprint density at radius 1 is 1.25 bits per heavy atom. The molecule has 0 spiro atoms. The number of methoxy groups -OCH3 is 2. The number of rotatable bonds is 2. The Bertz CT molecular complexity index is 596. The average molecular weight is 222 g/mol. The highest BCUT2D eigenvalue weighted by atomic mass is 16.5. The smallest absolute Gasteiger partial charge is 0.338 e. The van der Waals surface area contributed by atoms with E-state index >= 15 is 0 Å². The molecule has 2 aromatic rings. The molecule has 84 valence electrons. The molecule has 0 radical (unpaired) electrons. The Balaban J connectivity index is 2.72. The first kappa shape index (κ1) is 10.3. The van der Waals surface area contributed by atoms with E-state index < -0.39 is 5.97 Å². The van der Waals surface area contributed by atoms with Gasteiger partial charge < -0.3 is 19.4 Å². The maximum atomic E-state index is 11.4. The summed E-state index contributed by atoms with van der Waals surface area (Å²) in [4.78, 5) is 27.6. The highest BCUT2D eigenvalue weighted by Gasteiger charge is 2.12. The number of carbonyl (C=O) groups excluding carboxylic acids is 1. The van der Waals surface area contributed by atoms with Gasteiger partial charge >= 0.3 is 11.7 Å². The summed E-state index contributed by atoms with van der Waals surface area (Å²) in [7, 11) is 2.75. The summed E-state index contributed by atoms with van der Waals surface area (Å²) < 4.78 is 9.67. The largest absolute Gasteiger partial charge is 0.494 e. The standard InChI is InChI=1S/C10H10N2O4/c1-15-7-4-5(9(13)16-2)3-6-8(7)12-10(14)11-6/h3-4H,1-2H3,(H2,11,12,14). The lowest BCUT2D eigenvalue weighted by Gasteiger charge is -2.04. The summed E-state index contributed by atoms with van der Waals surface area (Å²) >= 11 is 0. The Kier molecular flexibility index (Phi) is 2.40. The van der Waals surface area contributed by atoms with Crippen LogP contribution >= 0.6 is 0 Å². The molecule has 0 saturated heterocycles. The van der Waals surface area contributed by atoms with Gasteiger partial charge in [0.1, 0.15) is 11.3 Å². The minimum Gasteiger partial charge on any atom is -0.494 e. The van der Waals surface area contributed by atoms with Gasteiger partial charge in [-0.3, -0.25) is 0 Å². The molecule has 0 aliphatic heterocycles. The van der Waals surface area contributed by atoms with E-state index in [0.717, 1.165) is 0 Å². The Hall–Kier alpha value is -2.24. The first-order valence-corrected chi connectivity index (χ1v) is 4.54. The number of ether oxygens (including phenoxy) is 2. The molecule has 16 heavy (non-hydrogen) atoms. The first-order valence-electron chi connectivity index (χ1n) is 4.54. The number of fused-ring (bicyclic) bond motifs is 1. The van der Waals surface area contributed by atoms with E-state index in [0.29, 0.717) is 22.3 Å². The van der Waals surface area contributed by atoms with Crippen molar-refractivity contribution in [1.82, 2.24) is 9.97 Å². The zero-order valence-corrected chi connectivity index (χ0v) is 8.79. The van der Waals surface area contributed by atoms with Crippen molar-refractivity contribution in [2.24, 2.45) is 0 Å². The van der Waals surface area contributed by atoms with Crippen molar-refractivity contribution in [2.45, 2.75) is 0 Å². The second-order valence-corrected chi connectivity index (χ2v) is 3.17. The fraction of sp³-hybridized carbons (Fsp3) is 0.200. The number of carbonyl (C=O) groups is 1. The van der Waals surface area contributed by atoms with Gasteiger partial charge in [0, 0.05) is 0 Å². The number of aromatic nitrogens is 2. The Morgan fingerprint density at radius 2 is 2.00 bits per heavy atom. The monoisotopic (exact) mass is 222 g/mol. The molecule has 0 aliphatic carbocycles. The molecule has 6 heteroatoms. The summed E-state index contributed by atoms with van der Waals surface area (Å²) in [5, 5.41) is 0. The van der Waals surface area contributed by atoms with Gasteiger partial charge in [-0.1, -0.05) is 0 Å². The normalized spacial score (nSPS) is 10.4. The predicted octanol–water partition coefficient (Wildman–Crippen LogP) is 0.651. The summed E-state index contributed by atoms with van der Waals surface area (Å²) in [6, 6.07) is 3.04. The number of hydrogen-bond acceptors (Lipinski definition) is 4. The van der Waals surface area contributed by atoms with Gasteiger partial charge in [0.2, 0.25) is 0 Å². The third-order valence-corrected chi connectivity index (χ3v) is 2.23. The third-order valence-electron chi connectivity index (χ3n) is 2.23. The van der Waals surface area contributed by atoms with E-state index in [1.54, 1.807) is 0 Å². The topological polar surface area (TPSA) is 84.2 Å². The molecule has 0 amide bonds. The van der Waals surface area contributed by atoms with Gasteiger partial charge in [-0.15, -0.1) is 0 Å². The second kappa shape index (κ2) is 3.73. The van der Waals surface area contributed by atoms with Crippen LogP contribution in [0.25, 0.3) is 11.0 Å². The van der Waals surface area contributed by atoms with Crippen molar-refractivity contribution < 1.29 is 14.3 Å². The number of H-pyrrole nitrogens is 2. The molecule has 1 aromatic carbocycles. The fourth-order valence-electron chi connectivity index (χ4n) is 1.51. The molecule has 0 aliphatic rings. The lowest BCUT2D eigenvalue weighted by molar-refractivity contribution is 0.0600. The van der Waals surface area contributed by atoms with Crippen molar-refractivity contribution >= 4 is 17.0 Å². The quantitative estimate of drug-likeness (QED) is 0.731. The molecule has 1 aromatic heterocycles. The maximum absolute atomic E-state index is 11.4. The number of aromatic amines is 2. The third kappa shape index (κ3) is 1.54. The number of benzene rings is 1. The summed E-state index contributed by atoms with van der Waals surface area (Å²) in [6.07, 6.45) is 0. The van der Waals surface area contributed by atoms with Crippen molar-refractivity contribution in [3.8, 4) is 5.75 Å². The molecule has 0 fully saturated rings. The molecule has 0 saturated carbocycles. The van der Waals surface area contributed by atoms with Crippen LogP contribution in [0.5, 0.6) is 5.75 Å². The van der Waals surface area contributed by atoms with Gasteiger partial charge in [-0.05, 0) is 12.1 Å². The highest BCUT2D eigenvalue weighted by molar-refractivity contribution is 5.95. The van der Waals surface area contributed by atoms with E-state index in [1.165, 1.54) is 26.4 Å². The fourth-order valence-corrected chi connectivity index (χ4v) is 1.51. The van der Waals surface area contributed by atoms with Crippen molar-refractivity contribution in [3.05, 3.63) is 28.2 Å². The minimum atomic E-state index is -0.484. The molecular weight excluding hydrogens is 212 g/mol. The second-order valence-electron chi connectivity index (χ2n) is 3.17. The summed E-state index contributed by atoms with van der Waals surface area (Å²) in [5.41, 5.74) is 1.00. The van der Waals surface area contributed by atoms with Crippen LogP contribution in [-0.4, -0.2) is 30.2 Å². The van der Waals surface area contributed by atoms with Crippen LogP contribution in [0.4, 0.5) is 0 Å². The van der Waals surface area contributed by atoms with Crippen LogP contribution in [0.1, 0.15) is 10.4 Å². The van der Waals surface area contributed by atoms with Crippen molar-refractivity contribution in [1.29, 1.82) is 0 Å². The van der Waals surface area contributed by atoms with Gasteiger partial charge in [0.05, 0.1) is 25.3 Å². The minimum absolute atomic E-state index is 0.321. The SMILES string of the molecule is COC(=O)c1cc(OC)c2[nH]c(=O)[nH]c2c1. The molecule has 1 heterocycles. The van der Waals surface area contributed by atoms with Crippen LogP contribution in [0.15, 0.2) is 16.9 Å². The van der Waals surface area contributed by atoms with Crippen LogP contribution in [0.3, 0.4) is 0 Å². The molecular formula is C10H10N2O4. The average Bonchev–Trinajstić information content (AvgIpc) is 2.66. The number of nitrogens with one attached hydrogen (secondary N) is 2. The van der Waals surface area contributed by atoms with Gasteiger partial charge in [0.25, 0.3) is 0 Å². The Morgan fingerprint density at radius 3 is 2.62 bits per heavy atom. The molecule has 6 nitrogen and oxygen atoms in total. The predicted molar refractivity (Wildman–Crippen MR) is 56.8 cm³/mol. The summed E-state index contributed by atoms with van der Waals surface area (Å²) in [6.45, 7) is 0. The van der Waals surface area contributed by atoms with E-state index in [9.17, 15) is 9.59 Å². The molecule has 2 N–H and O–H groups in total. The van der Waals surface area contributed by atoms with Crippen LogP contribution in [0.2, 0.25) is 0 Å². The number of hydrogen-bond donors (Lipinski definition) is 2. The van der Waals surface area contributed by atoms with E-state index in [1.807, 2.05) is 0 Å². The first-order chi connectivity index (χ1) is 7.65. The Labute approximate surface area is 90.2 Å². The summed E-state index contributed by atoms with van der Waals surface area (Å²) in [5.74, 6) is -0.0708. The van der Waals surface area contributed by atoms with E-state index in [-0.39, 0.29) is 5.69 Å². The van der Waals surface area contributed by atoms with Gasteiger partial charge in [0.15, 0.2) is 0 Å². The maximum Gasteiger partial charge on any atom is 0.338 e. The lowest BCUT2D eigenvalue weighted by atomic mass is 10.2.